The van der Waals surface area contributed by atoms with Crippen LogP contribution in [0.15, 0.2) is 107 Å². The Morgan fingerprint density at radius 3 is 1.84 bits per heavy atom. The van der Waals surface area contributed by atoms with Crippen LogP contribution in [0.5, 0.6) is 0 Å². The lowest BCUT2D eigenvalue weighted by atomic mass is 9.94. The standard InChI is InChI=1S/C28H26N2O/c1-20(27-21(2)30-31-22(27)3)19-26(23-13-7-4-8-14-23)29-28(24-15-9-5-10-16-24)25-17-11-6-12-18-25/h4-18,26H,1,19H2,2-3H3. The van der Waals surface area contributed by atoms with Crippen LogP contribution in [0.4, 0.5) is 0 Å². The van der Waals surface area contributed by atoms with Gasteiger partial charge in [0.15, 0.2) is 0 Å². The number of nitrogens with zero attached hydrogens (tertiary/aromatic N) is 2. The molecule has 0 N–H and O–H groups in total. The van der Waals surface area contributed by atoms with Gasteiger partial charge in [0.2, 0.25) is 0 Å². The summed E-state index contributed by atoms with van der Waals surface area (Å²) in [7, 11) is 0. The highest BCUT2D eigenvalue weighted by Crippen LogP contribution is 2.33. The lowest BCUT2D eigenvalue weighted by Gasteiger charge is -2.18. The van der Waals surface area contributed by atoms with Crippen molar-refractivity contribution in [2.75, 3.05) is 0 Å². The lowest BCUT2D eigenvalue weighted by molar-refractivity contribution is 0.393. The Hall–Kier alpha value is -3.72. The first kappa shape index (κ1) is 20.5. The summed E-state index contributed by atoms with van der Waals surface area (Å²) in [5.74, 6) is 0.796. The molecule has 154 valence electrons. The molecule has 1 unspecified atom stereocenters. The van der Waals surface area contributed by atoms with Crippen LogP contribution < -0.4 is 0 Å². The zero-order chi connectivity index (χ0) is 21.6. The Morgan fingerprint density at radius 2 is 1.35 bits per heavy atom. The van der Waals surface area contributed by atoms with Gasteiger partial charge in [-0.15, -0.1) is 0 Å². The average molecular weight is 407 g/mol. The van der Waals surface area contributed by atoms with Gasteiger partial charge in [-0.05, 0) is 31.4 Å². The smallest absolute Gasteiger partial charge is 0.141 e. The number of hydrogen-bond acceptors (Lipinski definition) is 3. The van der Waals surface area contributed by atoms with Crippen molar-refractivity contribution in [3.63, 3.8) is 0 Å². The summed E-state index contributed by atoms with van der Waals surface area (Å²) in [5.41, 5.74) is 7.16. The minimum atomic E-state index is -0.0854. The molecule has 3 aromatic carbocycles. The maximum atomic E-state index is 5.38. The van der Waals surface area contributed by atoms with Crippen LogP contribution in [0.1, 0.15) is 46.2 Å². The zero-order valence-corrected chi connectivity index (χ0v) is 18.0. The minimum absolute atomic E-state index is 0.0854. The van der Waals surface area contributed by atoms with Gasteiger partial charge >= 0.3 is 0 Å². The second kappa shape index (κ2) is 9.40. The van der Waals surface area contributed by atoms with E-state index < -0.39 is 0 Å². The molecule has 0 bridgehead atoms. The number of aliphatic imine (C=N–C) groups is 1. The van der Waals surface area contributed by atoms with Crippen LogP contribution in [0.2, 0.25) is 0 Å². The number of aryl methyl sites for hydroxylation is 2. The van der Waals surface area contributed by atoms with E-state index in [1.54, 1.807) is 0 Å². The minimum Gasteiger partial charge on any atom is -0.361 e. The Bertz CT molecular complexity index is 1110. The van der Waals surface area contributed by atoms with Crippen LogP contribution in [0.25, 0.3) is 5.57 Å². The number of aromatic nitrogens is 1. The maximum absolute atomic E-state index is 5.38. The average Bonchev–Trinajstić information content (AvgIpc) is 3.16. The third-order valence-electron chi connectivity index (χ3n) is 5.39. The lowest BCUT2D eigenvalue weighted by Crippen LogP contribution is -2.08. The van der Waals surface area contributed by atoms with Crippen molar-refractivity contribution < 1.29 is 4.52 Å². The van der Waals surface area contributed by atoms with Crippen molar-refractivity contribution in [2.45, 2.75) is 26.3 Å². The summed E-state index contributed by atoms with van der Waals surface area (Å²) < 4.78 is 5.38. The molecule has 0 fully saturated rings. The van der Waals surface area contributed by atoms with Crippen LogP contribution in [0, 0.1) is 13.8 Å². The van der Waals surface area contributed by atoms with Crippen molar-refractivity contribution in [2.24, 2.45) is 4.99 Å². The van der Waals surface area contributed by atoms with E-state index >= 15 is 0 Å². The molecular formula is C28H26N2O. The second-order valence-electron chi connectivity index (χ2n) is 7.64. The molecule has 4 aromatic rings. The molecule has 0 saturated carbocycles. The normalized spacial score (nSPS) is 11.7. The van der Waals surface area contributed by atoms with Gasteiger partial charge in [-0.1, -0.05) is 103 Å². The summed E-state index contributed by atoms with van der Waals surface area (Å²) >= 11 is 0. The van der Waals surface area contributed by atoms with Gasteiger partial charge in [0, 0.05) is 16.7 Å². The van der Waals surface area contributed by atoms with E-state index in [1.807, 2.05) is 56.3 Å². The monoisotopic (exact) mass is 406 g/mol. The van der Waals surface area contributed by atoms with Gasteiger partial charge in [0.05, 0.1) is 17.4 Å². The molecule has 0 aliphatic heterocycles. The molecule has 0 spiro atoms. The molecule has 0 aliphatic carbocycles. The van der Waals surface area contributed by atoms with E-state index in [1.165, 1.54) is 0 Å². The van der Waals surface area contributed by atoms with Crippen LogP contribution in [0.3, 0.4) is 0 Å². The molecule has 4 rings (SSSR count). The Morgan fingerprint density at radius 1 is 0.839 bits per heavy atom. The molecule has 0 radical (unpaired) electrons. The fraction of sp³-hybridized carbons (Fsp3) is 0.143. The van der Waals surface area contributed by atoms with Crippen molar-refractivity contribution in [1.29, 1.82) is 0 Å². The molecule has 1 atom stereocenters. The van der Waals surface area contributed by atoms with E-state index in [0.29, 0.717) is 6.42 Å². The Kier molecular flexibility index (Phi) is 6.23. The largest absolute Gasteiger partial charge is 0.361 e. The third kappa shape index (κ3) is 4.72. The molecule has 3 nitrogen and oxygen atoms in total. The number of hydrogen-bond donors (Lipinski definition) is 0. The third-order valence-corrected chi connectivity index (χ3v) is 5.39. The van der Waals surface area contributed by atoms with Gasteiger partial charge in [-0.3, -0.25) is 4.99 Å². The summed E-state index contributed by atoms with van der Waals surface area (Å²) in [5, 5.41) is 4.10. The summed E-state index contributed by atoms with van der Waals surface area (Å²) in [6.45, 7) is 8.25. The first-order chi connectivity index (χ1) is 15.1. The van der Waals surface area contributed by atoms with E-state index in [4.69, 9.17) is 9.52 Å². The molecule has 1 heterocycles. The molecule has 31 heavy (non-hydrogen) atoms. The van der Waals surface area contributed by atoms with Crippen molar-refractivity contribution in [1.82, 2.24) is 5.16 Å². The topological polar surface area (TPSA) is 38.4 Å². The first-order valence-corrected chi connectivity index (χ1v) is 10.5. The van der Waals surface area contributed by atoms with Gasteiger partial charge in [-0.25, -0.2) is 0 Å². The van der Waals surface area contributed by atoms with Crippen LogP contribution in [-0.2, 0) is 0 Å². The summed E-state index contributed by atoms with van der Waals surface area (Å²) in [4.78, 5) is 5.30. The Balaban J connectivity index is 1.80. The SMILES string of the molecule is C=C(CC(N=C(c1ccccc1)c1ccccc1)c1ccccc1)c1c(C)noc1C. The van der Waals surface area contributed by atoms with Crippen molar-refractivity contribution in [3.05, 3.63) is 131 Å². The number of benzene rings is 3. The van der Waals surface area contributed by atoms with E-state index in [-0.39, 0.29) is 6.04 Å². The van der Waals surface area contributed by atoms with Gasteiger partial charge < -0.3 is 4.52 Å². The van der Waals surface area contributed by atoms with Gasteiger partial charge in [-0.2, -0.15) is 0 Å². The van der Waals surface area contributed by atoms with E-state index in [2.05, 4.69) is 60.3 Å². The highest BCUT2D eigenvalue weighted by atomic mass is 16.5. The van der Waals surface area contributed by atoms with Gasteiger partial charge in [0.1, 0.15) is 5.76 Å². The quantitative estimate of drug-likeness (QED) is 0.311. The highest BCUT2D eigenvalue weighted by Gasteiger charge is 2.19. The second-order valence-corrected chi connectivity index (χ2v) is 7.64. The zero-order valence-electron chi connectivity index (χ0n) is 18.0. The predicted octanol–water partition coefficient (Wildman–Crippen LogP) is 6.97. The summed E-state index contributed by atoms with van der Waals surface area (Å²) in [6.07, 6.45) is 0.677. The molecular weight excluding hydrogens is 380 g/mol. The van der Waals surface area contributed by atoms with Crippen molar-refractivity contribution in [3.8, 4) is 0 Å². The number of rotatable bonds is 7. The molecule has 0 saturated heterocycles. The predicted molar refractivity (Wildman–Crippen MR) is 127 cm³/mol. The first-order valence-electron chi connectivity index (χ1n) is 10.5. The summed E-state index contributed by atoms with van der Waals surface area (Å²) in [6, 6.07) is 31.0. The molecule has 1 aromatic heterocycles. The fourth-order valence-electron chi connectivity index (χ4n) is 3.90. The fourth-order valence-corrected chi connectivity index (χ4v) is 3.90. The van der Waals surface area contributed by atoms with Gasteiger partial charge in [0.25, 0.3) is 0 Å². The van der Waals surface area contributed by atoms with Crippen LogP contribution in [-0.4, -0.2) is 10.9 Å². The molecule has 3 heteroatoms. The van der Waals surface area contributed by atoms with Crippen LogP contribution >= 0.6 is 0 Å². The van der Waals surface area contributed by atoms with E-state index in [9.17, 15) is 0 Å². The highest BCUT2D eigenvalue weighted by molar-refractivity contribution is 6.13. The Labute approximate surface area is 183 Å². The molecule has 0 aliphatic rings. The maximum Gasteiger partial charge on any atom is 0.141 e. The molecule has 0 amide bonds. The van der Waals surface area contributed by atoms with Crippen molar-refractivity contribution >= 4 is 11.3 Å². The van der Waals surface area contributed by atoms with E-state index in [0.717, 1.165) is 45.0 Å².